The summed E-state index contributed by atoms with van der Waals surface area (Å²) < 4.78 is 1.91. The molecule has 1 fully saturated rings. The molecule has 0 radical (unpaired) electrons. The second-order valence-corrected chi connectivity index (χ2v) is 5.03. The molecule has 7 heteroatoms. The first-order valence-electron chi connectivity index (χ1n) is 6.93. The van der Waals surface area contributed by atoms with E-state index in [-0.39, 0.29) is 36.8 Å². The molecule has 2 N–H and O–H groups in total. The van der Waals surface area contributed by atoms with Crippen LogP contribution in [0.5, 0.6) is 0 Å². The molecule has 1 aliphatic rings. The Kier molecular flexibility index (Phi) is 7.38. The average molecular weight is 343 g/mol. The molecule has 120 valence electrons. The van der Waals surface area contributed by atoms with Crippen molar-refractivity contribution in [2.75, 3.05) is 13.1 Å². The minimum absolute atomic E-state index is 0. The third-order valence-corrected chi connectivity index (χ3v) is 3.56. The van der Waals surface area contributed by atoms with Crippen LogP contribution in [0.2, 0.25) is 0 Å². The van der Waals surface area contributed by atoms with Gasteiger partial charge in [0.1, 0.15) is 0 Å². The van der Waals surface area contributed by atoms with Crippen molar-refractivity contribution in [1.82, 2.24) is 20.2 Å². The number of carbonyl (C=O) groups excluding carboxylic acids is 1. The van der Waals surface area contributed by atoms with Crippen molar-refractivity contribution in [1.29, 1.82) is 0 Å². The summed E-state index contributed by atoms with van der Waals surface area (Å²) in [6.07, 6.45) is 7.51. The van der Waals surface area contributed by atoms with Crippen LogP contribution in [-0.2, 0) is 0 Å². The molecule has 2 aromatic rings. The van der Waals surface area contributed by atoms with E-state index in [0.29, 0.717) is 5.56 Å². The Bertz CT molecular complexity index is 566. The summed E-state index contributed by atoms with van der Waals surface area (Å²) in [7, 11) is 0. The average Bonchev–Trinajstić information content (AvgIpc) is 3.03. The maximum atomic E-state index is 12.2. The molecule has 1 saturated heterocycles. The summed E-state index contributed by atoms with van der Waals surface area (Å²) in [5, 5.41) is 6.36. The quantitative estimate of drug-likeness (QED) is 0.898. The van der Waals surface area contributed by atoms with Crippen molar-refractivity contribution in [3.63, 3.8) is 0 Å². The van der Waals surface area contributed by atoms with Gasteiger partial charge in [0.15, 0.2) is 0 Å². The minimum Gasteiger partial charge on any atom is -0.348 e. The SMILES string of the molecule is Cl.Cl.O=C(N[C@H]1CCCNC1)c1ccc(-n2ccnc2)cc1. The van der Waals surface area contributed by atoms with Gasteiger partial charge in [0, 0.05) is 36.2 Å². The smallest absolute Gasteiger partial charge is 0.251 e. The molecule has 1 aromatic carbocycles. The lowest BCUT2D eigenvalue weighted by Gasteiger charge is -2.23. The Labute approximate surface area is 142 Å². The molecule has 0 saturated carbocycles. The number of halogens is 2. The van der Waals surface area contributed by atoms with Crippen molar-refractivity contribution in [2.24, 2.45) is 0 Å². The van der Waals surface area contributed by atoms with Crippen LogP contribution in [0.25, 0.3) is 5.69 Å². The molecule has 22 heavy (non-hydrogen) atoms. The number of hydrogen-bond donors (Lipinski definition) is 2. The van der Waals surface area contributed by atoms with Crippen molar-refractivity contribution >= 4 is 30.7 Å². The van der Waals surface area contributed by atoms with Gasteiger partial charge < -0.3 is 15.2 Å². The molecule has 3 rings (SSSR count). The molecule has 5 nitrogen and oxygen atoms in total. The molecule has 1 atom stereocenters. The van der Waals surface area contributed by atoms with E-state index in [4.69, 9.17) is 0 Å². The zero-order valence-electron chi connectivity index (χ0n) is 12.1. The summed E-state index contributed by atoms with van der Waals surface area (Å²) in [4.78, 5) is 16.2. The van der Waals surface area contributed by atoms with Gasteiger partial charge in [-0.2, -0.15) is 0 Å². The number of aromatic nitrogens is 2. The number of imidazole rings is 1. The number of amides is 1. The van der Waals surface area contributed by atoms with E-state index in [2.05, 4.69) is 15.6 Å². The highest BCUT2D eigenvalue weighted by molar-refractivity contribution is 5.94. The van der Waals surface area contributed by atoms with Crippen LogP contribution in [0.4, 0.5) is 0 Å². The van der Waals surface area contributed by atoms with Gasteiger partial charge in [-0.25, -0.2) is 4.98 Å². The van der Waals surface area contributed by atoms with E-state index in [0.717, 1.165) is 31.6 Å². The van der Waals surface area contributed by atoms with Crippen molar-refractivity contribution < 1.29 is 4.79 Å². The first kappa shape index (κ1) is 18.5. The zero-order valence-corrected chi connectivity index (χ0v) is 13.7. The normalized spacial score (nSPS) is 17.0. The van der Waals surface area contributed by atoms with E-state index in [1.165, 1.54) is 0 Å². The maximum absolute atomic E-state index is 12.2. The van der Waals surface area contributed by atoms with E-state index in [9.17, 15) is 4.79 Å². The fourth-order valence-electron chi connectivity index (χ4n) is 2.44. The Hall–Kier alpha value is -1.56. The molecule has 1 amide bonds. The predicted octanol–water partition coefficient (Wildman–Crippen LogP) is 2.20. The molecular weight excluding hydrogens is 323 g/mol. The highest BCUT2D eigenvalue weighted by Gasteiger charge is 2.16. The molecule has 1 aliphatic heterocycles. The summed E-state index contributed by atoms with van der Waals surface area (Å²) in [5.74, 6) is -0.00381. The highest BCUT2D eigenvalue weighted by Crippen LogP contribution is 2.10. The van der Waals surface area contributed by atoms with Gasteiger partial charge >= 0.3 is 0 Å². The third-order valence-electron chi connectivity index (χ3n) is 3.56. The zero-order chi connectivity index (χ0) is 13.8. The van der Waals surface area contributed by atoms with Gasteiger partial charge in [0.05, 0.1) is 6.33 Å². The van der Waals surface area contributed by atoms with Crippen LogP contribution in [0.15, 0.2) is 43.0 Å². The topological polar surface area (TPSA) is 59.0 Å². The van der Waals surface area contributed by atoms with Crippen molar-refractivity contribution in [3.05, 3.63) is 48.5 Å². The third kappa shape index (κ3) is 4.47. The number of nitrogens with zero attached hydrogens (tertiary/aromatic N) is 2. The first-order valence-corrected chi connectivity index (χ1v) is 6.93. The lowest BCUT2D eigenvalue weighted by Crippen LogP contribution is -2.45. The Morgan fingerprint density at radius 1 is 1.27 bits per heavy atom. The molecule has 0 bridgehead atoms. The second kappa shape index (κ2) is 8.78. The Morgan fingerprint density at radius 2 is 2.05 bits per heavy atom. The van der Waals surface area contributed by atoms with Crippen LogP contribution in [0, 0.1) is 0 Å². The predicted molar refractivity (Wildman–Crippen MR) is 91.4 cm³/mol. The fourth-order valence-corrected chi connectivity index (χ4v) is 2.44. The summed E-state index contributed by atoms with van der Waals surface area (Å²) in [5.41, 5.74) is 1.69. The number of rotatable bonds is 3. The number of carbonyl (C=O) groups is 1. The maximum Gasteiger partial charge on any atom is 0.251 e. The summed E-state index contributed by atoms with van der Waals surface area (Å²) in [6.45, 7) is 1.91. The summed E-state index contributed by atoms with van der Waals surface area (Å²) in [6, 6.07) is 7.79. The first-order chi connectivity index (χ1) is 9.83. The fraction of sp³-hybridized carbons (Fsp3) is 0.333. The molecular formula is C15H20Cl2N4O. The van der Waals surface area contributed by atoms with Gasteiger partial charge in [-0.05, 0) is 43.7 Å². The van der Waals surface area contributed by atoms with Crippen LogP contribution >= 0.6 is 24.8 Å². The van der Waals surface area contributed by atoms with Crippen LogP contribution in [0.1, 0.15) is 23.2 Å². The monoisotopic (exact) mass is 342 g/mol. The molecule has 0 spiro atoms. The summed E-state index contributed by atoms with van der Waals surface area (Å²) >= 11 is 0. The lowest BCUT2D eigenvalue weighted by atomic mass is 10.1. The van der Waals surface area contributed by atoms with Crippen molar-refractivity contribution in [2.45, 2.75) is 18.9 Å². The van der Waals surface area contributed by atoms with Crippen LogP contribution in [-0.4, -0.2) is 34.6 Å². The number of piperidine rings is 1. The lowest BCUT2D eigenvalue weighted by molar-refractivity contribution is 0.0930. The van der Waals surface area contributed by atoms with Gasteiger partial charge in [0.2, 0.25) is 0 Å². The molecule has 2 heterocycles. The molecule has 1 aromatic heterocycles. The largest absolute Gasteiger partial charge is 0.348 e. The van der Waals surface area contributed by atoms with Gasteiger partial charge in [-0.15, -0.1) is 24.8 Å². The van der Waals surface area contributed by atoms with E-state index >= 15 is 0 Å². The number of hydrogen-bond acceptors (Lipinski definition) is 3. The molecule has 0 unspecified atom stereocenters. The van der Waals surface area contributed by atoms with Crippen LogP contribution < -0.4 is 10.6 Å². The Balaban J connectivity index is 0.00000121. The van der Waals surface area contributed by atoms with E-state index < -0.39 is 0 Å². The van der Waals surface area contributed by atoms with Crippen LogP contribution in [0.3, 0.4) is 0 Å². The standard InChI is InChI=1S/C15H18N4O.2ClH/c20-15(18-13-2-1-7-16-10-13)12-3-5-14(6-4-12)19-9-8-17-11-19;;/h3-6,8-9,11,13,16H,1-2,7,10H2,(H,18,20);2*1H/t13-;;/m0../s1. The van der Waals surface area contributed by atoms with E-state index in [1.54, 1.807) is 12.5 Å². The number of nitrogens with one attached hydrogen (secondary N) is 2. The Morgan fingerprint density at radius 3 is 2.64 bits per heavy atom. The van der Waals surface area contributed by atoms with E-state index in [1.807, 2.05) is 35.0 Å². The molecule has 0 aliphatic carbocycles. The van der Waals surface area contributed by atoms with Gasteiger partial charge in [-0.1, -0.05) is 0 Å². The van der Waals surface area contributed by atoms with Gasteiger partial charge in [-0.3, -0.25) is 4.79 Å². The minimum atomic E-state index is -0.00381. The van der Waals surface area contributed by atoms with Crippen molar-refractivity contribution in [3.8, 4) is 5.69 Å². The second-order valence-electron chi connectivity index (χ2n) is 5.03. The highest BCUT2D eigenvalue weighted by atomic mass is 35.5. The van der Waals surface area contributed by atoms with Gasteiger partial charge in [0.25, 0.3) is 5.91 Å². The number of benzene rings is 1.